The van der Waals surface area contributed by atoms with Crippen molar-refractivity contribution in [1.29, 1.82) is 0 Å². The van der Waals surface area contributed by atoms with E-state index in [0.717, 1.165) is 67.5 Å². The summed E-state index contributed by atoms with van der Waals surface area (Å²) in [5, 5.41) is 11.7. The number of rotatable bonds is 16. The summed E-state index contributed by atoms with van der Waals surface area (Å²) in [7, 11) is 0. The number of esters is 9. The first-order chi connectivity index (χ1) is 28.1. The molecule has 1 aromatic rings. The molecule has 2 heterocycles. The van der Waals surface area contributed by atoms with Gasteiger partial charge in [-0.25, -0.2) is 4.79 Å². The molecule has 2 aliphatic heterocycles. The Kier molecular flexibility index (Phi) is 17.4. The monoisotopic (exact) mass is 858 g/mol. The van der Waals surface area contributed by atoms with Crippen molar-refractivity contribution >= 4 is 53.7 Å². The van der Waals surface area contributed by atoms with Crippen molar-refractivity contribution in [3.8, 4) is 17.2 Å². The van der Waals surface area contributed by atoms with Crippen LogP contribution in [0.5, 0.6) is 17.2 Å². The molecule has 332 valence electrons. The molecule has 2 unspecified atom stereocenters. The molecule has 1 aromatic carbocycles. The molecule has 1 N–H and O–H groups in total. The van der Waals surface area contributed by atoms with Gasteiger partial charge in [0.15, 0.2) is 35.9 Å². The summed E-state index contributed by atoms with van der Waals surface area (Å²) >= 11 is 0. The molecule has 0 spiro atoms. The van der Waals surface area contributed by atoms with Gasteiger partial charge >= 0.3 is 53.7 Å². The minimum absolute atomic E-state index is 0.147. The number of phenols is 1. The first-order valence-corrected chi connectivity index (χ1v) is 18.1. The maximum absolute atomic E-state index is 13.2. The molecule has 60 heavy (non-hydrogen) atoms. The third-order valence-electron chi connectivity index (χ3n) is 7.93. The molecule has 0 saturated carbocycles. The van der Waals surface area contributed by atoms with Gasteiger partial charge in [0.25, 0.3) is 0 Å². The molecule has 0 amide bonds. The molecule has 2 saturated heterocycles. The molecule has 0 aliphatic carbocycles. The average Bonchev–Trinajstić information content (AvgIpc) is 3.12. The van der Waals surface area contributed by atoms with Gasteiger partial charge in [-0.05, 0) is 19.1 Å². The third kappa shape index (κ3) is 13.7. The highest BCUT2D eigenvalue weighted by Gasteiger charge is 2.55. The van der Waals surface area contributed by atoms with E-state index in [0.29, 0.717) is 0 Å². The van der Waals surface area contributed by atoms with E-state index in [4.69, 9.17) is 61.6 Å². The van der Waals surface area contributed by atoms with E-state index >= 15 is 0 Å². The van der Waals surface area contributed by atoms with Crippen LogP contribution in [0.25, 0.3) is 0 Å². The highest BCUT2D eigenvalue weighted by atomic mass is 16.8. The number of carbonyl (C=O) groups excluding carboxylic acids is 9. The zero-order valence-electron chi connectivity index (χ0n) is 34.0. The zero-order valence-corrected chi connectivity index (χ0v) is 34.0. The molecule has 23 heteroatoms. The summed E-state index contributed by atoms with van der Waals surface area (Å²) in [6.45, 7) is 8.18. The topological polar surface area (TPSA) is 294 Å². The minimum atomic E-state index is -1.92. The lowest BCUT2D eigenvalue weighted by Crippen LogP contribution is -2.63. The zero-order chi connectivity index (χ0) is 45.0. The van der Waals surface area contributed by atoms with E-state index in [9.17, 15) is 48.3 Å². The quantitative estimate of drug-likeness (QED) is 0.175. The van der Waals surface area contributed by atoms with Crippen molar-refractivity contribution in [2.45, 2.75) is 124 Å². The summed E-state index contributed by atoms with van der Waals surface area (Å²) in [6.07, 6.45) is -16.9. The largest absolute Gasteiger partial charge is 0.502 e. The van der Waals surface area contributed by atoms with E-state index in [2.05, 4.69) is 0 Å². The van der Waals surface area contributed by atoms with Gasteiger partial charge in [0, 0.05) is 55.4 Å². The predicted octanol–water partition coefficient (Wildman–Crippen LogP) is 0.493. The van der Waals surface area contributed by atoms with Crippen LogP contribution in [0, 0.1) is 0 Å². The Morgan fingerprint density at radius 3 is 1.10 bits per heavy atom. The molecule has 2 fully saturated rings. The lowest BCUT2D eigenvalue weighted by Gasteiger charge is -2.44. The smallest absolute Gasteiger partial charge is 0.338 e. The second-order valence-corrected chi connectivity index (χ2v) is 12.9. The number of ether oxygens (including phenoxy) is 13. The van der Waals surface area contributed by atoms with Crippen LogP contribution in [-0.2, 0) is 90.5 Å². The van der Waals surface area contributed by atoms with Crippen molar-refractivity contribution in [2.75, 3.05) is 19.8 Å². The average molecular weight is 859 g/mol. The fraction of sp³-hybridized carbons (Fsp3) is 0.595. The molecule has 23 nitrogen and oxygen atoms in total. The van der Waals surface area contributed by atoms with E-state index < -0.39 is 146 Å². The number of hydrogen-bond donors (Lipinski definition) is 1. The van der Waals surface area contributed by atoms with Gasteiger partial charge in [0.05, 0.1) is 12.2 Å². The lowest BCUT2D eigenvalue weighted by molar-refractivity contribution is -0.289. The maximum Gasteiger partial charge on any atom is 0.338 e. The Bertz CT molecular complexity index is 1670. The van der Waals surface area contributed by atoms with E-state index in [-0.39, 0.29) is 12.2 Å². The van der Waals surface area contributed by atoms with Gasteiger partial charge < -0.3 is 66.7 Å². The van der Waals surface area contributed by atoms with Crippen LogP contribution in [0.15, 0.2) is 12.1 Å². The van der Waals surface area contributed by atoms with Crippen molar-refractivity contribution < 1.29 is 110 Å². The molecule has 0 bridgehead atoms. The van der Waals surface area contributed by atoms with Gasteiger partial charge in [0.1, 0.15) is 25.4 Å². The number of hydrogen-bond acceptors (Lipinski definition) is 23. The summed E-state index contributed by atoms with van der Waals surface area (Å²) in [4.78, 5) is 111. The molecule has 3 rings (SSSR count). The van der Waals surface area contributed by atoms with Crippen LogP contribution in [0.4, 0.5) is 0 Å². The number of aromatic hydroxyl groups is 1. The molecule has 0 aromatic heterocycles. The summed E-state index contributed by atoms with van der Waals surface area (Å²) in [6, 6.07) is 1.89. The number of carbonyl (C=O) groups is 9. The molecular weight excluding hydrogens is 812 g/mol. The highest BCUT2D eigenvalue weighted by molar-refractivity contribution is 5.91. The Hall–Kier alpha value is -6.23. The molecule has 10 atom stereocenters. The van der Waals surface area contributed by atoms with Crippen LogP contribution in [0.3, 0.4) is 0 Å². The fourth-order valence-electron chi connectivity index (χ4n) is 5.91. The first kappa shape index (κ1) is 48.1. The SMILES string of the molecule is CCOC(=O)c1cc(OC2O[C@H](COC(C)=O)[C@H](OC(C)=O)[C@H](OC(C)=O)[C@H]2OC(C)=O)c(O)c(OC2O[C@H](COC(C)=O)[C@H](OC(C)=O)[C@H](OC(C)=O)[C@H]2OC(C)=O)c1. The molecule has 2 aliphatic rings. The van der Waals surface area contributed by atoms with E-state index in [1.807, 2.05) is 0 Å². The van der Waals surface area contributed by atoms with Crippen molar-refractivity contribution in [2.24, 2.45) is 0 Å². The minimum Gasteiger partial charge on any atom is -0.502 e. The summed E-state index contributed by atoms with van der Waals surface area (Å²) in [5.41, 5.74) is -0.379. The van der Waals surface area contributed by atoms with Crippen LogP contribution in [0.1, 0.15) is 72.7 Å². The first-order valence-electron chi connectivity index (χ1n) is 18.1. The van der Waals surface area contributed by atoms with Gasteiger partial charge in [0.2, 0.25) is 30.5 Å². The standard InChI is InChI=1S/C37H46O23/c1-10-48-35(47)23-11-24(57-36-33(55-21(8)44)31(53-19(6)42)29(51-17(4)40)26(59-36)13-49-15(2)38)28(46)25(12-23)58-37-34(56-22(9)45)32(54-20(7)43)30(52-18(5)41)27(60-37)14-50-16(3)39/h11-12,26-27,29-34,36-37,46H,10,13-14H2,1-9H3/t26-,27-,29+,30+,31+,32+,33-,34-,36?,37?/m1/s1. The summed E-state index contributed by atoms with van der Waals surface area (Å²) in [5.74, 6) is -10.6. The van der Waals surface area contributed by atoms with Crippen molar-refractivity contribution in [1.82, 2.24) is 0 Å². The normalized spacial score (nSPS) is 25.8. The highest BCUT2D eigenvalue weighted by Crippen LogP contribution is 2.42. The van der Waals surface area contributed by atoms with Gasteiger partial charge in [-0.2, -0.15) is 0 Å². The maximum atomic E-state index is 13.2. The van der Waals surface area contributed by atoms with Crippen LogP contribution < -0.4 is 9.47 Å². The Morgan fingerprint density at radius 1 is 0.483 bits per heavy atom. The number of benzene rings is 1. The fourth-order valence-corrected chi connectivity index (χ4v) is 5.91. The van der Waals surface area contributed by atoms with Crippen molar-refractivity contribution in [3.05, 3.63) is 17.7 Å². The van der Waals surface area contributed by atoms with E-state index in [1.54, 1.807) is 0 Å². The number of phenolic OH excluding ortho intramolecular Hbond substituents is 1. The van der Waals surface area contributed by atoms with Crippen LogP contribution in [0.2, 0.25) is 0 Å². The second kappa shape index (κ2) is 21.7. The van der Waals surface area contributed by atoms with Crippen LogP contribution >= 0.6 is 0 Å². The Morgan fingerprint density at radius 2 is 0.800 bits per heavy atom. The van der Waals surface area contributed by atoms with Gasteiger partial charge in [-0.3, -0.25) is 38.4 Å². The van der Waals surface area contributed by atoms with Crippen molar-refractivity contribution in [3.63, 3.8) is 0 Å². The third-order valence-corrected chi connectivity index (χ3v) is 7.93. The predicted molar refractivity (Wildman–Crippen MR) is 189 cm³/mol. The second-order valence-electron chi connectivity index (χ2n) is 12.9. The van der Waals surface area contributed by atoms with Gasteiger partial charge in [-0.1, -0.05) is 0 Å². The Balaban J connectivity index is 2.24. The van der Waals surface area contributed by atoms with E-state index in [1.165, 1.54) is 6.92 Å². The van der Waals surface area contributed by atoms with Gasteiger partial charge in [-0.15, -0.1) is 0 Å². The lowest BCUT2D eigenvalue weighted by atomic mass is 9.98. The summed E-state index contributed by atoms with van der Waals surface area (Å²) < 4.78 is 71.6. The van der Waals surface area contributed by atoms with Crippen LogP contribution in [-0.4, -0.2) is 140 Å². The molecular formula is C37H46O23. The Labute approximate surface area is 341 Å². The molecule has 0 radical (unpaired) electrons.